The van der Waals surface area contributed by atoms with E-state index >= 15 is 0 Å². The van der Waals surface area contributed by atoms with Crippen LogP contribution in [-0.2, 0) is 9.59 Å². The zero-order valence-corrected chi connectivity index (χ0v) is 16.3. The molecule has 0 heterocycles. The molecule has 8 heteroatoms. The third-order valence-electron chi connectivity index (χ3n) is 3.45. The van der Waals surface area contributed by atoms with E-state index in [0.717, 1.165) is 9.37 Å². The molecular weight excluding hydrogens is 420 g/mol. The molecule has 0 radical (unpaired) electrons. The maximum Gasteiger partial charge on any atom is 0.279 e. The number of amides is 2. The van der Waals surface area contributed by atoms with E-state index in [1.54, 1.807) is 25.2 Å². The van der Waals surface area contributed by atoms with Crippen molar-refractivity contribution in [2.24, 2.45) is 0 Å². The quantitative estimate of drug-likeness (QED) is 0.648. The Kier molecular flexibility index (Phi) is 7.16. The lowest BCUT2D eigenvalue weighted by atomic mass is 10.2. The first kappa shape index (κ1) is 19.9. The fraction of sp³-hybridized carbons (Fsp3) is 0.167. The van der Waals surface area contributed by atoms with Gasteiger partial charge in [0.1, 0.15) is 6.07 Å². The number of likely N-dealkylation sites (N-methyl/N-ethyl adjacent to an activating group) is 1. The zero-order chi connectivity index (χ0) is 19.1. The van der Waals surface area contributed by atoms with E-state index in [9.17, 15) is 9.59 Å². The Morgan fingerprint density at radius 1 is 1.15 bits per heavy atom. The number of rotatable bonds is 6. The van der Waals surface area contributed by atoms with Crippen LogP contribution in [0.3, 0.4) is 0 Å². The van der Waals surface area contributed by atoms with Crippen LogP contribution >= 0.6 is 27.5 Å². The minimum atomic E-state index is -0.253. The summed E-state index contributed by atoms with van der Waals surface area (Å²) < 4.78 is 0.793. The molecule has 0 spiro atoms. The lowest BCUT2D eigenvalue weighted by Gasteiger charge is -2.14. The number of carbonyl (C=O) groups is 2. The second-order valence-corrected chi connectivity index (χ2v) is 6.95. The van der Waals surface area contributed by atoms with E-state index < -0.39 is 0 Å². The highest BCUT2D eigenvalue weighted by Gasteiger charge is 2.15. The molecule has 0 saturated carbocycles. The first-order valence-electron chi connectivity index (χ1n) is 7.74. The second kappa shape index (κ2) is 9.34. The van der Waals surface area contributed by atoms with Crippen LogP contribution in [0.4, 0.5) is 11.4 Å². The monoisotopic (exact) mass is 435 g/mol. The fourth-order valence-electron chi connectivity index (χ4n) is 2.26. The van der Waals surface area contributed by atoms with E-state index in [-0.39, 0.29) is 29.9 Å². The van der Waals surface area contributed by atoms with E-state index in [0.29, 0.717) is 16.9 Å². The molecule has 0 aliphatic carbocycles. The van der Waals surface area contributed by atoms with Crippen LogP contribution in [0.2, 0.25) is 5.02 Å². The summed E-state index contributed by atoms with van der Waals surface area (Å²) in [7, 11) is 1.75. The van der Waals surface area contributed by atoms with Crippen molar-refractivity contribution in [3.8, 4) is 6.07 Å². The molecule has 2 aromatic carbocycles. The summed E-state index contributed by atoms with van der Waals surface area (Å²) in [5.41, 5.74) is 1.53. The van der Waals surface area contributed by atoms with Gasteiger partial charge in [-0.3, -0.25) is 9.59 Å². The Hall–Kier alpha value is -2.40. The largest absolute Gasteiger partial charge is 0.322 e. The van der Waals surface area contributed by atoms with Crippen molar-refractivity contribution in [1.82, 2.24) is 0 Å². The van der Waals surface area contributed by atoms with Gasteiger partial charge in [0.15, 0.2) is 13.1 Å². The van der Waals surface area contributed by atoms with Crippen molar-refractivity contribution in [2.45, 2.75) is 0 Å². The van der Waals surface area contributed by atoms with Gasteiger partial charge in [0.05, 0.1) is 23.3 Å². The second-order valence-electron chi connectivity index (χ2n) is 5.69. The number of quaternary nitrogens is 1. The molecule has 0 bridgehead atoms. The first-order chi connectivity index (χ1) is 12.4. The number of anilines is 2. The summed E-state index contributed by atoms with van der Waals surface area (Å²) in [6.07, 6.45) is 0. The molecule has 134 valence electrons. The van der Waals surface area contributed by atoms with Crippen LogP contribution in [0.15, 0.2) is 46.9 Å². The number of hydrogen-bond acceptors (Lipinski definition) is 3. The Labute approximate surface area is 164 Å². The van der Waals surface area contributed by atoms with E-state index in [1.807, 2.05) is 24.3 Å². The topological polar surface area (TPSA) is 86.4 Å². The van der Waals surface area contributed by atoms with Crippen LogP contribution < -0.4 is 15.5 Å². The average molecular weight is 437 g/mol. The van der Waals surface area contributed by atoms with Crippen molar-refractivity contribution < 1.29 is 14.5 Å². The molecular formula is C18H17BrClN4O2+. The lowest BCUT2D eigenvalue weighted by Crippen LogP contribution is -3.11. The van der Waals surface area contributed by atoms with Gasteiger partial charge in [0.25, 0.3) is 11.8 Å². The predicted octanol–water partition coefficient (Wildman–Crippen LogP) is 2.07. The summed E-state index contributed by atoms with van der Waals surface area (Å²) >= 11 is 9.31. The summed E-state index contributed by atoms with van der Waals surface area (Å²) in [5.74, 6) is -0.444. The number of para-hydroxylation sites is 1. The molecule has 0 aliphatic heterocycles. The van der Waals surface area contributed by atoms with Gasteiger partial charge >= 0.3 is 0 Å². The number of nitrogens with zero attached hydrogens (tertiary/aromatic N) is 1. The van der Waals surface area contributed by atoms with Gasteiger partial charge in [-0.2, -0.15) is 5.26 Å². The van der Waals surface area contributed by atoms with Gasteiger partial charge in [-0.05, 0) is 46.3 Å². The van der Waals surface area contributed by atoms with Crippen LogP contribution in [0, 0.1) is 11.3 Å². The molecule has 3 N–H and O–H groups in total. The number of benzene rings is 2. The highest BCUT2D eigenvalue weighted by atomic mass is 79.9. The number of halogens is 2. The van der Waals surface area contributed by atoms with Gasteiger partial charge in [-0.15, -0.1) is 0 Å². The van der Waals surface area contributed by atoms with Crippen LogP contribution in [0.5, 0.6) is 0 Å². The molecule has 1 atom stereocenters. The molecule has 26 heavy (non-hydrogen) atoms. The maximum atomic E-state index is 12.1. The Bertz CT molecular complexity index is 867. The summed E-state index contributed by atoms with van der Waals surface area (Å²) in [4.78, 5) is 24.9. The van der Waals surface area contributed by atoms with E-state index in [2.05, 4.69) is 26.6 Å². The Balaban J connectivity index is 1.85. The Morgan fingerprint density at radius 2 is 1.81 bits per heavy atom. The summed E-state index contributed by atoms with van der Waals surface area (Å²) in [6, 6.07) is 13.9. The van der Waals surface area contributed by atoms with Crippen molar-refractivity contribution in [3.63, 3.8) is 0 Å². The summed E-state index contributed by atoms with van der Waals surface area (Å²) in [5, 5.41) is 14.6. The minimum Gasteiger partial charge on any atom is -0.322 e. The molecule has 0 aliphatic rings. The van der Waals surface area contributed by atoms with Crippen LogP contribution in [0.25, 0.3) is 0 Å². The van der Waals surface area contributed by atoms with Gasteiger partial charge in [0.2, 0.25) is 0 Å². The minimum absolute atomic E-state index is 0.112. The van der Waals surface area contributed by atoms with Gasteiger partial charge in [-0.1, -0.05) is 23.7 Å². The zero-order valence-electron chi connectivity index (χ0n) is 14.0. The fourth-order valence-corrected chi connectivity index (χ4v) is 2.86. The van der Waals surface area contributed by atoms with Crippen molar-refractivity contribution in [3.05, 3.63) is 57.5 Å². The molecule has 0 aromatic heterocycles. The molecule has 6 nitrogen and oxygen atoms in total. The molecule has 2 rings (SSSR count). The molecule has 0 fully saturated rings. The van der Waals surface area contributed by atoms with Crippen molar-refractivity contribution in [1.29, 1.82) is 5.26 Å². The molecule has 1 unspecified atom stereocenters. The van der Waals surface area contributed by atoms with Gasteiger partial charge in [-0.25, -0.2) is 0 Å². The Morgan fingerprint density at radius 3 is 2.42 bits per heavy atom. The number of nitriles is 1. The van der Waals surface area contributed by atoms with Gasteiger partial charge in [0, 0.05) is 10.2 Å². The van der Waals surface area contributed by atoms with Crippen LogP contribution in [0.1, 0.15) is 5.56 Å². The summed E-state index contributed by atoms with van der Waals surface area (Å²) in [6.45, 7) is 0.254. The highest BCUT2D eigenvalue weighted by Crippen LogP contribution is 2.21. The maximum absolute atomic E-state index is 12.1. The third-order valence-corrected chi connectivity index (χ3v) is 4.45. The van der Waals surface area contributed by atoms with Gasteiger partial charge < -0.3 is 15.5 Å². The highest BCUT2D eigenvalue weighted by molar-refractivity contribution is 9.10. The SMILES string of the molecule is C[NH+](CC(=O)Nc1ccc(C#N)c(Cl)c1)CC(=O)Nc1ccccc1Br. The van der Waals surface area contributed by atoms with Crippen molar-refractivity contribution in [2.75, 3.05) is 30.8 Å². The average Bonchev–Trinajstić information content (AvgIpc) is 2.56. The van der Waals surface area contributed by atoms with Crippen molar-refractivity contribution >= 4 is 50.7 Å². The smallest absolute Gasteiger partial charge is 0.279 e. The standard InChI is InChI=1S/C18H16BrClN4O2/c1-24(11-18(26)23-16-5-3-2-4-14(16)19)10-17(25)22-13-7-6-12(9-21)15(20)8-13/h2-8H,10-11H2,1H3,(H,22,25)(H,23,26)/p+1. The molecule has 2 amide bonds. The molecule has 2 aromatic rings. The van der Waals surface area contributed by atoms with E-state index in [4.69, 9.17) is 16.9 Å². The number of carbonyl (C=O) groups excluding carboxylic acids is 2. The lowest BCUT2D eigenvalue weighted by molar-refractivity contribution is -0.862. The normalized spacial score (nSPS) is 11.3. The number of nitrogens with one attached hydrogen (secondary N) is 3. The van der Waals surface area contributed by atoms with Crippen LogP contribution in [-0.4, -0.2) is 32.0 Å². The predicted molar refractivity (Wildman–Crippen MR) is 104 cm³/mol. The molecule has 0 saturated heterocycles. The third kappa shape index (κ3) is 5.85. The first-order valence-corrected chi connectivity index (χ1v) is 8.91. The van der Waals surface area contributed by atoms with E-state index in [1.165, 1.54) is 6.07 Å². The number of hydrogen-bond donors (Lipinski definition) is 3.